The molecule has 0 fully saturated rings. The molecule has 0 aliphatic heterocycles. The van der Waals surface area contributed by atoms with Gasteiger partial charge in [0.2, 0.25) is 5.95 Å². The zero-order valence-corrected chi connectivity index (χ0v) is 17.5. The molecule has 170 valence electrons. The number of hydrogen-bond donors (Lipinski definition) is 1. The third kappa shape index (κ3) is 3.87. The molecule has 2 aromatic carbocycles. The van der Waals surface area contributed by atoms with Crippen LogP contribution >= 0.6 is 0 Å². The topological polar surface area (TPSA) is 94.3 Å². The van der Waals surface area contributed by atoms with Gasteiger partial charge in [0.15, 0.2) is 11.5 Å². The van der Waals surface area contributed by atoms with Gasteiger partial charge in [0.05, 0.1) is 18.2 Å². The molecule has 0 aliphatic rings. The van der Waals surface area contributed by atoms with Crippen molar-refractivity contribution in [1.29, 1.82) is 0 Å². The summed E-state index contributed by atoms with van der Waals surface area (Å²) in [5.74, 6) is 0.986. The Bertz CT molecular complexity index is 1580. The number of ether oxygens (including phenoxy) is 1. The van der Waals surface area contributed by atoms with E-state index >= 15 is 0 Å². The van der Waals surface area contributed by atoms with E-state index in [2.05, 4.69) is 25.4 Å². The Labute approximate surface area is 189 Å². The predicted molar refractivity (Wildman–Crippen MR) is 119 cm³/mol. The molecule has 0 bridgehead atoms. The fourth-order valence-corrected chi connectivity index (χ4v) is 3.40. The lowest BCUT2D eigenvalue weighted by molar-refractivity contribution is -0.137. The molecule has 0 saturated heterocycles. The Kier molecular flexibility index (Phi) is 5.08. The van der Waals surface area contributed by atoms with Gasteiger partial charge in [0, 0.05) is 17.1 Å². The molecule has 0 radical (unpaired) electrons. The summed E-state index contributed by atoms with van der Waals surface area (Å²) in [4.78, 5) is 25.0. The maximum Gasteiger partial charge on any atom is 0.416 e. The van der Waals surface area contributed by atoms with Gasteiger partial charge in [-0.15, -0.1) is 5.10 Å². The fraction of sp³-hybridized carbons (Fsp3) is 0.0870. The van der Waals surface area contributed by atoms with Gasteiger partial charge in [0.25, 0.3) is 5.56 Å². The number of alkyl halides is 3. The molecular weight excluding hydrogens is 449 g/mol. The van der Waals surface area contributed by atoms with Gasteiger partial charge in [-0.25, -0.2) is 15.0 Å². The minimum absolute atomic E-state index is 0.0969. The summed E-state index contributed by atoms with van der Waals surface area (Å²) in [7, 11) is 1.54. The number of fused-ring (bicyclic) bond motifs is 3. The number of hydrogen-bond acceptors (Lipinski definition) is 7. The van der Waals surface area contributed by atoms with Gasteiger partial charge in [0.1, 0.15) is 11.4 Å². The SMILES string of the molecule is COc1ccc(-c2nc3c4cc(C(F)(F)F)ccc4nc(Nc4ccccnc4=O)n3n2)cc1. The van der Waals surface area contributed by atoms with Crippen LogP contribution in [0.2, 0.25) is 0 Å². The van der Waals surface area contributed by atoms with Crippen molar-refractivity contribution in [2.45, 2.75) is 6.18 Å². The number of anilines is 2. The first-order chi connectivity index (χ1) is 16.3. The largest absolute Gasteiger partial charge is 0.497 e. The third-order valence-electron chi connectivity index (χ3n) is 5.08. The molecule has 0 atom stereocenters. The van der Waals surface area contributed by atoms with E-state index in [4.69, 9.17) is 4.74 Å². The van der Waals surface area contributed by atoms with Crippen LogP contribution in [-0.2, 0) is 6.18 Å². The van der Waals surface area contributed by atoms with E-state index in [1.54, 1.807) is 36.4 Å². The van der Waals surface area contributed by atoms with Gasteiger partial charge in [-0.05, 0) is 54.6 Å². The number of aromatic nitrogens is 5. The molecule has 1 N–H and O–H groups in total. The molecule has 0 aliphatic carbocycles. The minimum Gasteiger partial charge on any atom is -0.497 e. The normalized spacial score (nSPS) is 11.6. The lowest BCUT2D eigenvalue weighted by Crippen LogP contribution is -2.12. The second-order valence-corrected chi connectivity index (χ2v) is 7.24. The summed E-state index contributed by atoms with van der Waals surface area (Å²) in [6, 6.07) is 14.8. The van der Waals surface area contributed by atoms with Gasteiger partial charge < -0.3 is 10.1 Å². The van der Waals surface area contributed by atoms with E-state index < -0.39 is 17.3 Å². The number of rotatable bonds is 4. The van der Waals surface area contributed by atoms with E-state index in [-0.39, 0.29) is 34.0 Å². The van der Waals surface area contributed by atoms with E-state index in [9.17, 15) is 18.0 Å². The Morgan fingerprint density at radius 1 is 1.00 bits per heavy atom. The molecule has 0 amide bonds. The Morgan fingerprint density at radius 3 is 2.53 bits per heavy atom. The van der Waals surface area contributed by atoms with Crippen molar-refractivity contribution >= 4 is 28.2 Å². The second-order valence-electron chi connectivity index (χ2n) is 7.24. The van der Waals surface area contributed by atoms with Crippen LogP contribution in [-0.4, -0.2) is 31.7 Å². The standard InChI is InChI=1S/C23H15F3N6O2/c1-34-15-8-5-13(6-9-15)19-30-20-16-12-14(23(24,25)26)7-10-17(16)28-22(32(20)31-19)29-18-4-2-3-11-27-21(18)33/h2-12H,1H3,(H,27,28,29,33). The highest BCUT2D eigenvalue weighted by molar-refractivity contribution is 5.93. The molecular formula is C23H15F3N6O2. The maximum atomic E-state index is 13.4. The molecule has 8 nitrogen and oxygen atoms in total. The zero-order valence-electron chi connectivity index (χ0n) is 17.5. The maximum absolute atomic E-state index is 13.4. The number of nitrogens with zero attached hydrogens (tertiary/aromatic N) is 5. The van der Waals surface area contributed by atoms with E-state index in [0.717, 1.165) is 12.1 Å². The van der Waals surface area contributed by atoms with Crippen molar-refractivity contribution < 1.29 is 17.9 Å². The average Bonchev–Trinajstić information content (AvgIpc) is 3.18. The van der Waals surface area contributed by atoms with Crippen molar-refractivity contribution in [3.8, 4) is 17.1 Å². The van der Waals surface area contributed by atoms with Crippen LogP contribution in [0.5, 0.6) is 5.75 Å². The highest BCUT2D eigenvalue weighted by Crippen LogP contribution is 2.33. The minimum atomic E-state index is -4.54. The van der Waals surface area contributed by atoms with Crippen LogP contribution in [0.15, 0.2) is 71.7 Å². The summed E-state index contributed by atoms with van der Waals surface area (Å²) in [5, 5.41) is 7.50. The zero-order chi connectivity index (χ0) is 23.9. The lowest BCUT2D eigenvalue weighted by Gasteiger charge is -2.10. The summed E-state index contributed by atoms with van der Waals surface area (Å²) < 4.78 is 46.6. The molecule has 5 rings (SSSR count). The molecule has 3 heterocycles. The van der Waals surface area contributed by atoms with Crippen molar-refractivity contribution in [2.75, 3.05) is 12.4 Å². The van der Waals surface area contributed by atoms with E-state index in [0.29, 0.717) is 11.3 Å². The Hall–Kier alpha value is -4.54. The number of nitrogens with one attached hydrogen (secondary N) is 1. The number of methoxy groups -OCH3 is 1. The Morgan fingerprint density at radius 2 is 1.79 bits per heavy atom. The van der Waals surface area contributed by atoms with E-state index in [1.165, 1.54) is 30.0 Å². The quantitative estimate of drug-likeness (QED) is 0.419. The van der Waals surface area contributed by atoms with Crippen LogP contribution in [0.4, 0.5) is 24.8 Å². The molecule has 0 unspecified atom stereocenters. The van der Waals surface area contributed by atoms with Crippen LogP contribution in [0, 0.1) is 0 Å². The third-order valence-corrected chi connectivity index (χ3v) is 5.08. The second kappa shape index (κ2) is 8.10. The summed E-state index contributed by atoms with van der Waals surface area (Å²) in [6.45, 7) is 0. The molecule has 0 spiro atoms. The summed E-state index contributed by atoms with van der Waals surface area (Å²) in [5.41, 5.74) is -0.246. The van der Waals surface area contributed by atoms with Gasteiger partial charge in [-0.1, -0.05) is 6.07 Å². The average molecular weight is 464 g/mol. The van der Waals surface area contributed by atoms with Crippen molar-refractivity contribution in [3.63, 3.8) is 0 Å². The first-order valence-corrected chi connectivity index (χ1v) is 9.98. The molecule has 0 saturated carbocycles. The smallest absolute Gasteiger partial charge is 0.416 e. The monoisotopic (exact) mass is 464 g/mol. The molecule has 11 heteroatoms. The molecule has 5 aromatic rings. The molecule has 3 aromatic heterocycles. The van der Waals surface area contributed by atoms with Gasteiger partial charge in [-0.3, -0.25) is 4.79 Å². The summed E-state index contributed by atoms with van der Waals surface area (Å²) >= 11 is 0. The van der Waals surface area contributed by atoms with Crippen LogP contribution in [0.3, 0.4) is 0 Å². The number of halogens is 3. The first kappa shape index (κ1) is 21.3. The van der Waals surface area contributed by atoms with E-state index in [1.807, 2.05) is 0 Å². The summed E-state index contributed by atoms with van der Waals surface area (Å²) in [6.07, 6.45) is -3.18. The first-order valence-electron chi connectivity index (χ1n) is 9.98. The van der Waals surface area contributed by atoms with Crippen molar-refractivity contribution in [2.24, 2.45) is 0 Å². The highest BCUT2D eigenvalue weighted by atomic mass is 19.4. The predicted octanol–water partition coefficient (Wildman–Crippen LogP) is 4.47. The van der Waals surface area contributed by atoms with Crippen LogP contribution in [0.1, 0.15) is 5.56 Å². The lowest BCUT2D eigenvalue weighted by atomic mass is 10.1. The van der Waals surface area contributed by atoms with Crippen LogP contribution < -0.4 is 15.6 Å². The van der Waals surface area contributed by atoms with Gasteiger partial charge >= 0.3 is 6.18 Å². The van der Waals surface area contributed by atoms with Gasteiger partial charge in [-0.2, -0.15) is 17.7 Å². The highest BCUT2D eigenvalue weighted by Gasteiger charge is 2.31. The Balaban J connectivity index is 1.75. The van der Waals surface area contributed by atoms with Crippen molar-refractivity contribution in [3.05, 3.63) is 82.8 Å². The fourth-order valence-electron chi connectivity index (χ4n) is 3.40. The van der Waals surface area contributed by atoms with Crippen molar-refractivity contribution in [1.82, 2.24) is 24.6 Å². The molecule has 34 heavy (non-hydrogen) atoms. The number of benzene rings is 2. The van der Waals surface area contributed by atoms with Crippen LogP contribution in [0.25, 0.3) is 27.9 Å².